The lowest BCUT2D eigenvalue weighted by atomic mass is 9.83. The molecule has 2 aliphatic carbocycles. The van der Waals surface area contributed by atoms with E-state index in [1.165, 1.54) is 179 Å². The third-order valence-corrected chi connectivity index (χ3v) is 17.2. The van der Waals surface area contributed by atoms with Gasteiger partial charge in [-0.2, -0.15) is 0 Å². The SMILES string of the molecule is Cc1cc(C(C)(C)C)c2ccccc2c1.Cc1cc(C)c2ccccc2c1.Cc1cc(C)cc(C(C)(C)C)c1.Cc1cc(C)cc(C)c1.Cc1cc(C)cc(C)c1.Cc1cc(C)cc(C2CCCC2)c1.Cc1cc(C)cc(C2CCCCC2)c1.Cc1ccccc1. The highest BCUT2D eigenvalue weighted by molar-refractivity contribution is 5.87. The Bertz CT molecular complexity index is 3610. The summed E-state index contributed by atoms with van der Waals surface area (Å²) in [4.78, 5) is 0. The Morgan fingerprint density at radius 1 is 0.242 bits per heavy atom. The molecule has 0 amide bonds. The number of hydrogen-bond acceptors (Lipinski definition) is 0. The molecule has 0 N–H and O–H groups in total. The predicted molar refractivity (Wildman–Crippen MR) is 407 cm³/mol. The summed E-state index contributed by atoms with van der Waals surface area (Å²) >= 11 is 0. The Labute approximate surface area is 556 Å². The molecule has 2 aliphatic rings. The van der Waals surface area contributed by atoms with Crippen molar-refractivity contribution in [1.29, 1.82) is 0 Å². The fourth-order valence-corrected chi connectivity index (χ4v) is 13.3. The van der Waals surface area contributed by atoms with Gasteiger partial charge in [-0.25, -0.2) is 0 Å². The quantitative estimate of drug-likeness (QED) is 0.162. The van der Waals surface area contributed by atoms with E-state index in [1.807, 2.05) is 18.2 Å². The van der Waals surface area contributed by atoms with Gasteiger partial charge in [0.1, 0.15) is 0 Å². The predicted octanol–water partition coefficient (Wildman–Crippen LogP) is 27.0. The van der Waals surface area contributed by atoms with Gasteiger partial charge in [-0.1, -0.05) is 351 Å². The second kappa shape index (κ2) is 36.1. The molecule has 0 spiro atoms. The van der Waals surface area contributed by atoms with Crippen molar-refractivity contribution in [2.45, 2.75) is 233 Å². The number of fused-ring (bicyclic) bond motifs is 2. The van der Waals surface area contributed by atoms with Gasteiger partial charge in [0.15, 0.2) is 0 Å². The minimum absolute atomic E-state index is 0.214. The van der Waals surface area contributed by atoms with Crippen molar-refractivity contribution in [2.75, 3.05) is 0 Å². The van der Waals surface area contributed by atoms with Gasteiger partial charge in [0, 0.05) is 0 Å². The second-order valence-electron chi connectivity index (χ2n) is 29.4. The maximum Gasteiger partial charge on any atom is -0.0126 e. The minimum atomic E-state index is 0.214. The van der Waals surface area contributed by atoms with Crippen LogP contribution in [0, 0.1) is 111 Å². The van der Waals surface area contributed by atoms with Crippen LogP contribution in [0.2, 0.25) is 0 Å². The molecule has 0 unspecified atom stereocenters. The molecule has 0 bridgehead atoms. The van der Waals surface area contributed by atoms with E-state index >= 15 is 0 Å². The molecule has 91 heavy (non-hydrogen) atoms. The summed E-state index contributed by atoms with van der Waals surface area (Å²) in [6.45, 7) is 48.0. The smallest absolute Gasteiger partial charge is 0.0126 e. The molecular formula is C91H118. The molecule has 0 radical (unpaired) electrons. The Morgan fingerprint density at radius 2 is 0.527 bits per heavy atom. The lowest BCUT2D eigenvalue weighted by Gasteiger charge is -2.22. The van der Waals surface area contributed by atoms with Crippen molar-refractivity contribution in [3.8, 4) is 0 Å². The zero-order valence-corrected chi connectivity index (χ0v) is 61.0. The summed E-state index contributed by atoms with van der Waals surface area (Å²) in [5.74, 6) is 1.71. The molecule has 10 aromatic rings. The Kier molecular flexibility index (Phi) is 29.5. The number of rotatable bonds is 2. The van der Waals surface area contributed by atoms with Crippen LogP contribution in [0.15, 0.2) is 194 Å². The van der Waals surface area contributed by atoms with Crippen molar-refractivity contribution < 1.29 is 0 Å². The third-order valence-electron chi connectivity index (χ3n) is 17.2. The molecular weight excluding hydrogens is 1090 g/mol. The fourth-order valence-electron chi connectivity index (χ4n) is 13.3. The average molecular weight is 1210 g/mol. The molecule has 0 saturated heterocycles. The van der Waals surface area contributed by atoms with Crippen LogP contribution in [-0.2, 0) is 10.8 Å². The third kappa shape index (κ3) is 26.8. The highest BCUT2D eigenvalue weighted by atomic mass is 14.2. The maximum absolute atomic E-state index is 2.38. The summed E-state index contributed by atoms with van der Waals surface area (Å²) < 4.78 is 0. The van der Waals surface area contributed by atoms with Gasteiger partial charge < -0.3 is 0 Å². The second-order valence-corrected chi connectivity index (χ2v) is 29.4. The minimum Gasteiger partial charge on any atom is -0.0622 e. The van der Waals surface area contributed by atoms with Crippen LogP contribution < -0.4 is 0 Å². The Balaban J connectivity index is 0.000000191. The largest absolute Gasteiger partial charge is 0.0622 e. The van der Waals surface area contributed by atoms with Crippen LogP contribution in [0.3, 0.4) is 0 Å². The van der Waals surface area contributed by atoms with E-state index in [-0.39, 0.29) is 10.8 Å². The lowest BCUT2D eigenvalue weighted by Crippen LogP contribution is -2.11. The molecule has 0 aliphatic heterocycles. The van der Waals surface area contributed by atoms with Crippen molar-refractivity contribution >= 4 is 21.5 Å². The first-order chi connectivity index (χ1) is 42.9. The average Bonchev–Trinajstić information content (AvgIpc) is 1.34. The zero-order valence-electron chi connectivity index (χ0n) is 61.0. The van der Waals surface area contributed by atoms with Gasteiger partial charge in [-0.05, 0) is 208 Å². The molecule has 0 aromatic heterocycles. The van der Waals surface area contributed by atoms with Crippen LogP contribution in [0.4, 0.5) is 0 Å². The van der Waals surface area contributed by atoms with E-state index in [2.05, 4.69) is 328 Å². The molecule has 482 valence electrons. The lowest BCUT2D eigenvalue weighted by molar-refractivity contribution is 0.443. The Hall–Kier alpha value is -7.28. The standard InChI is InChI=1S/C15H18.C14H20.C13H18.C12H12.C12H18.2C9H12.C7H8/c1-11-9-12-7-5-6-8-13(12)14(10-11)15(2,3)4;1-11-8-12(2)10-14(9-11)13-6-4-3-5-7-13;1-10-7-11(2)9-13(8-10)12-5-3-4-6-12;1-9-7-10(2)12-6-4-3-5-11(12)8-9;1-9-6-10(2)8-11(7-9)12(3,4)5;2*1-7-4-8(2)6-9(3)5-7;1-7-5-3-2-4-6-7/h5-10H,1-4H3;8-10,13H,3-7H2,1-2H3;7-9,12H,3-6H2,1-2H3;3-8H,1-2H3;6-8H,1-5H3;2*4-6H,1-3H3;2-6H,1H3. The van der Waals surface area contributed by atoms with Crippen LogP contribution in [0.5, 0.6) is 0 Å². The summed E-state index contributed by atoms with van der Waals surface area (Å²) in [6, 6.07) is 70.3. The van der Waals surface area contributed by atoms with E-state index in [0.717, 1.165) is 11.8 Å². The van der Waals surface area contributed by atoms with E-state index < -0.39 is 0 Å². The highest BCUT2D eigenvalue weighted by Crippen LogP contribution is 2.36. The molecule has 10 aromatic carbocycles. The van der Waals surface area contributed by atoms with Crippen molar-refractivity contribution in [2.24, 2.45) is 0 Å². The molecule has 12 rings (SSSR count). The van der Waals surface area contributed by atoms with Gasteiger partial charge in [0.2, 0.25) is 0 Å². The first kappa shape index (κ1) is 74.4. The summed E-state index contributed by atoms with van der Waals surface area (Å²) in [7, 11) is 0. The normalized spacial score (nSPS) is 12.9. The Morgan fingerprint density at radius 3 is 0.868 bits per heavy atom. The number of aryl methyl sites for hydroxylation is 16. The van der Waals surface area contributed by atoms with Crippen molar-refractivity contribution in [3.05, 3.63) is 305 Å². The van der Waals surface area contributed by atoms with Crippen molar-refractivity contribution in [1.82, 2.24) is 0 Å². The van der Waals surface area contributed by atoms with E-state index in [1.54, 1.807) is 11.1 Å². The van der Waals surface area contributed by atoms with E-state index in [4.69, 9.17) is 0 Å². The maximum atomic E-state index is 2.38. The molecule has 0 nitrogen and oxygen atoms in total. The molecule has 2 saturated carbocycles. The monoisotopic (exact) mass is 1210 g/mol. The van der Waals surface area contributed by atoms with Crippen molar-refractivity contribution in [3.63, 3.8) is 0 Å². The van der Waals surface area contributed by atoms with Gasteiger partial charge in [0.05, 0.1) is 0 Å². The van der Waals surface area contributed by atoms with Gasteiger partial charge in [-0.15, -0.1) is 0 Å². The van der Waals surface area contributed by atoms with Crippen LogP contribution >= 0.6 is 0 Å². The number of hydrogen-bond donors (Lipinski definition) is 0. The summed E-state index contributed by atoms with van der Waals surface area (Å²) in [6.07, 6.45) is 12.8. The molecule has 0 heteroatoms. The van der Waals surface area contributed by atoms with Crippen LogP contribution in [0.25, 0.3) is 21.5 Å². The van der Waals surface area contributed by atoms with Gasteiger partial charge in [0.25, 0.3) is 0 Å². The molecule has 2 fully saturated rings. The fraction of sp³-hybridized carbons (Fsp3) is 0.385. The topological polar surface area (TPSA) is 0 Å². The van der Waals surface area contributed by atoms with Crippen LogP contribution in [0.1, 0.15) is 222 Å². The summed E-state index contributed by atoms with van der Waals surface area (Å²) in [5, 5.41) is 5.44. The highest BCUT2D eigenvalue weighted by Gasteiger charge is 2.19. The van der Waals surface area contributed by atoms with Gasteiger partial charge >= 0.3 is 0 Å². The van der Waals surface area contributed by atoms with E-state index in [0.29, 0.717) is 0 Å². The van der Waals surface area contributed by atoms with E-state index in [9.17, 15) is 0 Å². The van der Waals surface area contributed by atoms with Crippen LogP contribution in [-0.4, -0.2) is 0 Å². The molecule has 0 atom stereocenters. The first-order valence-electron chi connectivity index (χ1n) is 34.2. The van der Waals surface area contributed by atoms with Gasteiger partial charge in [-0.3, -0.25) is 0 Å². The summed E-state index contributed by atoms with van der Waals surface area (Å²) in [5.41, 5.74) is 28.4. The first-order valence-corrected chi connectivity index (χ1v) is 34.2. The number of benzene rings is 10. The molecule has 0 heterocycles. The zero-order chi connectivity index (χ0) is 67.0.